The lowest BCUT2D eigenvalue weighted by atomic mass is 10.4. The van der Waals surface area contributed by atoms with Crippen LogP contribution < -0.4 is 11.5 Å². The lowest BCUT2D eigenvalue weighted by Gasteiger charge is -2.04. The van der Waals surface area contributed by atoms with Gasteiger partial charge in [0.15, 0.2) is 0 Å². The summed E-state index contributed by atoms with van der Waals surface area (Å²) in [5.41, 5.74) is 10.3. The van der Waals surface area contributed by atoms with Crippen molar-refractivity contribution in [2.24, 2.45) is 11.5 Å². The molecule has 11 heavy (non-hydrogen) atoms. The Bertz CT molecular complexity index is 141. The lowest BCUT2D eigenvalue weighted by Crippen LogP contribution is -2.38. The van der Waals surface area contributed by atoms with Crippen LogP contribution in [0.15, 0.2) is 12.7 Å². The Balaban J connectivity index is 3.24. The largest absolute Gasteiger partial charge is 0.368 e. The van der Waals surface area contributed by atoms with E-state index >= 15 is 0 Å². The Morgan fingerprint density at radius 1 is 1.64 bits per heavy atom. The van der Waals surface area contributed by atoms with Crippen LogP contribution in [0.3, 0.4) is 0 Å². The van der Waals surface area contributed by atoms with Gasteiger partial charge in [0.25, 0.3) is 0 Å². The van der Waals surface area contributed by atoms with Crippen LogP contribution in [-0.2, 0) is 4.79 Å². The molecule has 0 bridgehead atoms. The van der Waals surface area contributed by atoms with Gasteiger partial charge in [-0.3, -0.25) is 4.79 Å². The van der Waals surface area contributed by atoms with E-state index in [0.717, 1.165) is 5.75 Å². The van der Waals surface area contributed by atoms with Gasteiger partial charge in [-0.1, -0.05) is 27.7 Å². The Morgan fingerprint density at radius 2 is 2.27 bits per heavy atom. The van der Waals surface area contributed by atoms with Gasteiger partial charge in [0, 0.05) is 11.5 Å². The normalized spacial score (nSPS) is 12.5. The molecule has 0 saturated heterocycles. The van der Waals surface area contributed by atoms with Gasteiger partial charge >= 0.3 is 0 Å². The number of nitrogens with two attached hydrogens (primary N) is 2. The summed E-state index contributed by atoms with van der Waals surface area (Å²) in [5, 5.41) is 0. The van der Waals surface area contributed by atoms with Crippen molar-refractivity contribution in [1.82, 2.24) is 0 Å². The van der Waals surface area contributed by atoms with Gasteiger partial charge in [-0.2, -0.15) is 0 Å². The highest BCUT2D eigenvalue weighted by Gasteiger charge is 2.07. The van der Waals surface area contributed by atoms with E-state index in [1.54, 1.807) is 16.9 Å². The molecule has 1 atom stereocenters. The van der Waals surface area contributed by atoms with Gasteiger partial charge < -0.3 is 11.5 Å². The van der Waals surface area contributed by atoms with Crippen LogP contribution in [0, 0.1) is 0 Å². The van der Waals surface area contributed by atoms with Crippen molar-refractivity contribution in [3.05, 3.63) is 12.7 Å². The van der Waals surface area contributed by atoms with Crippen LogP contribution in [0.25, 0.3) is 0 Å². The minimum absolute atomic E-state index is 0.447. The summed E-state index contributed by atoms with van der Waals surface area (Å²) < 4.78 is 0. The third-order valence-electron chi connectivity index (χ3n) is 0.882. The summed E-state index contributed by atoms with van der Waals surface area (Å²) >= 11 is 0. The number of rotatable bonds is 6. The Kier molecular flexibility index (Phi) is 6.49. The molecule has 4 N–H and O–H groups in total. The topological polar surface area (TPSA) is 69.1 Å². The molecular formula is C6H12N2OS2. The van der Waals surface area contributed by atoms with Crippen molar-refractivity contribution in [3.63, 3.8) is 0 Å². The molecule has 0 aromatic rings. The van der Waals surface area contributed by atoms with Gasteiger partial charge in [0.2, 0.25) is 5.91 Å². The van der Waals surface area contributed by atoms with Crippen molar-refractivity contribution in [1.29, 1.82) is 0 Å². The van der Waals surface area contributed by atoms with E-state index in [-0.39, 0.29) is 0 Å². The smallest absolute Gasteiger partial charge is 0.235 e. The molecule has 0 aliphatic carbocycles. The standard InChI is InChI=1S/C6H12N2OS2/c1-2-3-10-11-4-5(7)6(8)9/h2,5H,1,3-4,7H2,(H2,8,9)/t5-/m0/s1. The molecule has 0 rings (SSSR count). The second-order valence-corrected chi connectivity index (χ2v) is 4.42. The summed E-state index contributed by atoms with van der Waals surface area (Å²) in [7, 11) is 3.14. The van der Waals surface area contributed by atoms with E-state index in [2.05, 4.69) is 6.58 Å². The fourth-order valence-electron chi connectivity index (χ4n) is 0.300. The lowest BCUT2D eigenvalue weighted by molar-refractivity contribution is -0.118. The van der Waals surface area contributed by atoms with Crippen LogP contribution >= 0.6 is 21.6 Å². The molecule has 0 saturated carbocycles. The highest BCUT2D eigenvalue weighted by atomic mass is 33.1. The van der Waals surface area contributed by atoms with Gasteiger partial charge in [0.05, 0.1) is 6.04 Å². The molecule has 1 amide bonds. The molecule has 5 heteroatoms. The quantitative estimate of drug-likeness (QED) is 0.362. The molecule has 0 aliphatic rings. The molecule has 0 radical (unpaired) electrons. The van der Waals surface area contributed by atoms with Gasteiger partial charge in [-0.05, 0) is 0 Å². The number of carbonyl (C=O) groups excluding carboxylic acids is 1. The highest BCUT2D eigenvalue weighted by molar-refractivity contribution is 8.76. The maximum Gasteiger partial charge on any atom is 0.235 e. The van der Waals surface area contributed by atoms with E-state index < -0.39 is 11.9 Å². The van der Waals surface area contributed by atoms with Crippen molar-refractivity contribution >= 4 is 27.5 Å². The van der Waals surface area contributed by atoms with E-state index in [4.69, 9.17) is 11.5 Å². The van der Waals surface area contributed by atoms with Crippen molar-refractivity contribution in [3.8, 4) is 0 Å². The van der Waals surface area contributed by atoms with Crippen molar-refractivity contribution < 1.29 is 4.79 Å². The fraction of sp³-hybridized carbons (Fsp3) is 0.500. The molecule has 3 nitrogen and oxygen atoms in total. The predicted molar refractivity (Wildman–Crippen MR) is 52.3 cm³/mol. The molecule has 0 fully saturated rings. The summed E-state index contributed by atoms with van der Waals surface area (Å²) in [6.07, 6.45) is 1.80. The van der Waals surface area contributed by atoms with E-state index in [1.165, 1.54) is 10.8 Å². The molecule has 0 aromatic heterocycles. The Hall–Kier alpha value is -0.130. The number of hydrogen-bond acceptors (Lipinski definition) is 4. The second-order valence-electron chi connectivity index (χ2n) is 1.87. The zero-order chi connectivity index (χ0) is 8.69. The zero-order valence-corrected chi connectivity index (χ0v) is 7.79. The number of carbonyl (C=O) groups is 1. The average molecular weight is 192 g/mol. The summed E-state index contributed by atoms with van der Waals surface area (Å²) in [5.74, 6) is 0.973. The summed E-state index contributed by atoms with van der Waals surface area (Å²) in [6, 6.07) is -0.530. The van der Waals surface area contributed by atoms with Crippen LogP contribution in [0.2, 0.25) is 0 Å². The maximum absolute atomic E-state index is 10.4. The van der Waals surface area contributed by atoms with Crippen molar-refractivity contribution in [2.45, 2.75) is 6.04 Å². The first-order valence-electron chi connectivity index (χ1n) is 3.08. The third kappa shape index (κ3) is 6.28. The second kappa shape index (κ2) is 6.57. The van der Waals surface area contributed by atoms with Gasteiger partial charge in [0.1, 0.15) is 0 Å². The molecule has 0 unspecified atom stereocenters. The van der Waals surface area contributed by atoms with Gasteiger partial charge in [-0.25, -0.2) is 0 Å². The number of hydrogen-bond donors (Lipinski definition) is 2. The van der Waals surface area contributed by atoms with E-state index in [1.807, 2.05) is 0 Å². The van der Waals surface area contributed by atoms with Crippen LogP contribution in [0.4, 0.5) is 0 Å². The third-order valence-corrected chi connectivity index (χ3v) is 3.23. The minimum Gasteiger partial charge on any atom is -0.368 e. The Labute approximate surface area is 74.4 Å². The summed E-state index contributed by atoms with van der Waals surface area (Å²) in [6.45, 7) is 3.56. The van der Waals surface area contributed by atoms with Gasteiger partial charge in [-0.15, -0.1) is 6.58 Å². The van der Waals surface area contributed by atoms with Crippen LogP contribution in [0.5, 0.6) is 0 Å². The number of primary amides is 1. The first kappa shape index (κ1) is 10.9. The first-order chi connectivity index (χ1) is 5.18. The fourth-order valence-corrected chi connectivity index (χ4v) is 2.21. The van der Waals surface area contributed by atoms with Crippen molar-refractivity contribution in [2.75, 3.05) is 11.5 Å². The van der Waals surface area contributed by atoms with E-state index in [9.17, 15) is 4.79 Å². The zero-order valence-electron chi connectivity index (χ0n) is 6.16. The first-order valence-corrected chi connectivity index (χ1v) is 5.57. The Morgan fingerprint density at radius 3 is 2.73 bits per heavy atom. The molecular weight excluding hydrogens is 180 g/mol. The maximum atomic E-state index is 10.4. The molecule has 0 spiro atoms. The minimum atomic E-state index is -0.530. The SMILES string of the molecule is C=CCSSC[C@H](N)C(N)=O. The predicted octanol–water partition coefficient (Wildman–Crippen LogP) is 0.366. The monoisotopic (exact) mass is 192 g/mol. The van der Waals surface area contributed by atoms with Crippen LogP contribution in [0.1, 0.15) is 0 Å². The van der Waals surface area contributed by atoms with E-state index in [0.29, 0.717) is 5.75 Å². The molecule has 64 valence electrons. The highest BCUT2D eigenvalue weighted by Crippen LogP contribution is 2.20. The summed E-state index contributed by atoms with van der Waals surface area (Å²) in [4.78, 5) is 10.4. The average Bonchev–Trinajstić information content (AvgIpc) is 1.97. The molecule has 0 heterocycles. The van der Waals surface area contributed by atoms with Crippen LogP contribution in [-0.4, -0.2) is 23.5 Å². The molecule has 0 aliphatic heterocycles. The molecule has 0 aromatic carbocycles. The number of amides is 1.